The predicted octanol–water partition coefficient (Wildman–Crippen LogP) is 2.28. The molecule has 2 aromatic rings. The maximum absolute atomic E-state index is 13.1. The quantitative estimate of drug-likeness (QED) is 0.778. The number of likely N-dealkylation sites (tertiary alicyclic amines) is 1. The van der Waals surface area contributed by atoms with Crippen LogP contribution in [0.2, 0.25) is 0 Å². The van der Waals surface area contributed by atoms with Gasteiger partial charge in [-0.2, -0.15) is 0 Å². The van der Waals surface area contributed by atoms with Crippen molar-refractivity contribution in [1.82, 2.24) is 9.80 Å². The summed E-state index contributed by atoms with van der Waals surface area (Å²) < 4.78 is 13.1. The highest BCUT2D eigenvalue weighted by molar-refractivity contribution is 6.05. The van der Waals surface area contributed by atoms with E-state index >= 15 is 0 Å². The zero-order valence-electron chi connectivity index (χ0n) is 15.1. The number of halogens is 1. The van der Waals surface area contributed by atoms with E-state index in [1.54, 1.807) is 12.1 Å². The number of hydrogen-bond donors (Lipinski definition) is 0. The number of anilines is 1. The van der Waals surface area contributed by atoms with E-state index in [2.05, 4.69) is 9.80 Å². The number of imide groups is 1. The lowest BCUT2D eigenvalue weighted by Crippen LogP contribution is -2.52. The van der Waals surface area contributed by atoms with Crippen LogP contribution >= 0.6 is 0 Å². The summed E-state index contributed by atoms with van der Waals surface area (Å²) in [5.41, 5.74) is 1.94. The number of piperazine rings is 1. The van der Waals surface area contributed by atoms with Gasteiger partial charge in [0, 0.05) is 31.9 Å². The zero-order valence-corrected chi connectivity index (χ0v) is 15.1. The Bertz CT molecular complexity index is 817. The number of carbonyl (C=O) groups excluding carboxylic acids is 2. The van der Waals surface area contributed by atoms with Gasteiger partial charge in [0.25, 0.3) is 0 Å². The van der Waals surface area contributed by atoms with Gasteiger partial charge >= 0.3 is 0 Å². The Kier molecular flexibility index (Phi) is 4.90. The Labute approximate surface area is 158 Å². The van der Waals surface area contributed by atoms with E-state index in [1.165, 1.54) is 17.0 Å². The number of amides is 2. The van der Waals surface area contributed by atoms with Crippen LogP contribution in [0.3, 0.4) is 0 Å². The summed E-state index contributed by atoms with van der Waals surface area (Å²) in [4.78, 5) is 30.9. The van der Waals surface area contributed by atoms with Crippen LogP contribution in [-0.4, -0.2) is 53.8 Å². The summed E-state index contributed by atoms with van der Waals surface area (Å²) >= 11 is 0. The molecular formula is C21H22FN3O2. The normalized spacial score (nSPS) is 21.1. The van der Waals surface area contributed by atoms with E-state index in [1.807, 2.05) is 30.3 Å². The van der Waals surface area contributed by atoms with Gasteiger partial charge in [-0.25, -0.2) is 4.39 Å². The summed E-state index contributed by atoms with van der Waals surface area (Å²) in [6.07, 6.45) is 0.252. The van der Waals surface area contributed by atoms with Gasteiger partial charge < -0.3 is 4.90 Å². The molecule has 2 aliphatic heterocycles. The summed E-state index contributed by atoms with van der Waals surface area (Å²) in [6, 6.07) is 15.7. The Morgan fingerprint density at radius 2 is 1.56 bits per heavy atom. The van der Waals surface area contributed by atoms with Gasteiger partial charge in [-0.15, -0.1) is 0 Å². The first-order valence-electron chi connectivity index (χ1n) is 9.24. The fraction of sp³-hybridized carbons (Fsp3) is 0.333. The van der Waals surface area contributed by atoms with Crippen molar-refractivity contribution in [2.75, 3.05) is 31.1 Å². The minimum absolute atomic E-state index is 0.0981. The standard InChI is InChI=1S/C21H22FN3O2/c22-17-6-8-18(9-7-17)23-10-12-24(13-11-23)19-14-20(26)25(21(19)27)15-16-4-2-1-3-5-16/h1-9,19H,10-15H2/t19-/m0/s1. The lowest BCUT2D eigenvalue weighted by Gasteiger charge is -2.38. The van der Waals surface area contributed by atoms with Crippen LogP contribution in [0.25, 0.3) is 0 Å². The monoisotopic (exact) mass is 367 g/mol. The second-order valence-electron chi connectivity index (χ2n) is 7.02. The first kappa shape index (κ1) is 17.7. The molecule has 2 aromatic carbocycles. The third kappa shape index (κ3) is 3.71. The summed E-state index contributed by atoms with van der Waals surface area (Å²) in [5.74, 6) is -0.445. The molecule has 0 aliphatic carbocycles. The number of hydrogen-bond acceptors (Lipinski definition) is 4. The highest BCUT2D eigenvalue weighted by Gasteiger charge is 2.42. The molecule has 0 spiro atoms. The topological polar surface area (TPSA) is 43.9 Å². The molecule has 2 aliphatic rings. The van der Waals surface area contributed by atoms with Crippen LogP contribution in [0.1, 0.15) is 12.0 Å². The molecule has 6 heteroatoms. The molecule has 5 nitrogen and oxygen atoms in total. The molecule has 2 heterocycles. The second kappa shape index (κ2) is 7.48. The van der Waals surface area contributed by atoms with Gasteiger partial charge in [-0.1, -0.05) is 30.3 Å². The highest BCUT2D eigenvalue weighted by atomic mass is 19.1. The second-order valence-corrected chi connectivity index (χ2v) is 7.02. The summed E-state index contributed by atoms with van der Waals surface area (Å²) in [5, 5.41) is 0. The smallest absolute Gasteiger partial charge is 0.247 e. The molecule has 2 saturated heterocycles. The molecule has 0 bridgehead atoms. The fourth-order valence-electron chi connectivity index (χ4n) is 3.83. The van der Waals surface area contributed by atoms with E-state index in [0.29, 0.717) is 19.6 Å². The first-order chi connectivity index (χ1) is 13.1. The van der Waals surface area contributed by atoms with Crippen molar-refractivity contribution in [2.45, 2.75) is 19.0 Å². The van der Waals surface area contributed by atoms with E-state index in [9.17, 15) is 14.0 Å². The van der Waals surface area contributed by atoms with Crippen LogP contribution < -0.4 is 4.90 Å². The number of rotatable bonds is 4. The molecule has 1 atom stereocenters. The number of carbonyl (C=O) groups is 2. The van der Waals surface area contributed by atoms with Gasteiger partial charge in [0.05, 0.1) is 19.0 Å². The Morgan fingerprint density at radius 1 is 0.889 bits per heavy atom. The maximum atomic E-state index is 13.1. The van der Waals surface area contributed by atoms with Gasteiger partial charge in [-0.05, 0) is 29.8 Å². The molecule has 2 fully saturated rings. The largest absolute Gasteiger partial charge is 0.369 e. The molecule has 0 N–H and O–H groups in total. The average Bonchev–Trinajstić information content (AvgIpc) is 2.98. The average molecular weight is 367 g/mol. The van der Waals surface area contributed by atoms with Gasteiger partial charge in [0.2, 0.25) is 11.8 Å². The van der Waals surface area contributed by atoms with Crippen LogP contribution in [0.4, 0.5) is 10.1 Å². The van der Waals surface area contributed by atoms with Crippen molar-refractivity contribution in [3.63, 3.8) is 0 Å². The van der Waals surface area contributed by atoms with Gasteiger partial charge in [-0.3, -0.25) is 19.4 Å². The Hall–Kier alpha value is -2.73. The van der Waals surface area contributed by atoms with E-state index < -0.39 is 0 Å². The van der Waals surface area contributed by atoms with Crippen molar-refractivity contribution >= 4 is 17.5 Å². The third-order valence-corrected chi connectivity index (χ3v) is 5.35. The maximum Gasteiger partial charge on any atom is 0.247 e. The lowest BCUT2D eigenvalue weighted by molar-refractivity contribution is -0.140. The van der Waals surface area contributed by atoms with E-state index in [-0.39, 0.29) is 30.1 Å². The lowest BCUT2D eigenvalue weighted by atomic mass is 10.1. The van der Waals surface area contributed by atoms with Crippen LogP contribution in [-0.2, 0) is 16.1 Å². The molecule has 0 aromatic heterocycles. The third-order valence-electron chi connectivity index (χ3n) is 5.35. The summed E-state index contributed by atoms with van der Waals surface area (Å²) in [6.45, 7) is 3.26. The Balaban J connectivity index is 1.38. The first-order valence-corrected chi connectivity index (χ1v) is 9.24. The molecule has 4 rings (SSSR count). The van der Waals surface area contributed by atoms with Crippen molar-refractivity contribution in [3.05, 3.63) is 66.0 Å². The molecule has 27 heavy (non-hydrogen) atoms. The molecule has 0 radical (unpaired) electrons. The van der Waals surface area contributed by atoms with Crippen molar-refractivity contribution in [2.24, 2.45) is 0 Å². The molecule has 2 amide bonds. The van der Waals surface area contributed by atoms with Crippen LogP contribution in [0, 0.1) is 5.82 Å². The fourth-order valence-corrected chi connectivity index (χ4v) is 3.83. The zero-order chi connectivity index (χ0) is 18.8. The summed E-state index contributed by atoms with van der Waals surface area (Å²) in [7, 11) is 0. The Morgan fingerprint density at radius 3 is 2.22 bits per heavy atom. The van der Waals surface area contributed by atoms with Crippen molar-refractivity contribution < 1.29 is 14.0 Å². The highest BCUT2D eigenvalue weighted by Crippen LogP contribution is 2.24. The SMILES string of the molecule is O=C1C[C@H](N2CCN(c3ccc(F)cc3)CC2)C(=O)N1Cc1ccccc1. The predicted molar refractivity (Wildman–Crippen MR) is 101 cm³/mol. The number of benzene rings is 2. The van der Waals surface area contributed by atoms with Gasteiger partial charge in [0.1, 0.15) is 5.82 Å². The molecule has 0 saturated carbocycles. The van der Waals surface area contributed by atoms with Crippen molar-refractivity contribution in [1.29, 1.82) is 0 Å². The molecular weight excluding hydrogens is 345 g/mol. The van der Waals surface area contributed by atoms with Crippen molar-refractivity contribution in [3.8, 4) is 0 Å². The minimum atomic E-state index is -0.364. The van der Waals surface area contributed by atoms with E-state index in [4.69, 9.17) is 0 Å². The van der Waals surface area contributed by atoms with Crippen LogP contribution in [0.5, 0.6) is 0 Å². The molecule has 140 valence electrons. The molecule has 0 unspecified atom stereocenters. The minimum Gasteiger partial charge on any atom is -0.369 e. The van der Waals surface area contributed by atoms with Gasteiger partial charge in [0.15, 0.2) is 0 Å². The van der Waals surface area contributed by atoms with Crippen LogP contribution in [0.15, 0.2) is 54.6 Å². The van der Waals surface area contributed by atoms with E-state index in [0.717, 1.165) is 24.3 Å². The number of nitrogens with zero attached hydrogens (tertiary/aromatic N) is 3.